The Morgan fingerprint density at radius 1 is 1.42 bits per heavy atom. The number of carbonyl (C=O) groups excluding carboxylic acids is 1. The predicted molar refractivity (Wildman–Crippen MR) is 91.0 cm³/mol. The number of ether oxygens (including phenoxy) is 1. The quantitative estimate of drug-likeness (QED) is 0.915. The van der Waals surface area contributed by atoms with Crippen molar-refractivity contribution in [2.24, 2.45) is 0 Å². The molecule has 1 fully saturated rings. The number of H-pyrrole nitrogens is 1. The van der Waals surface area contributed by atoms with Gasteiger partial charge < -0.3 is 9.64 Å². The van der Waals surface area contributed by atoms with Crippen LogP contribution in [0.15, 0.2) is 24.4 Å². The van der Waals surface area contributed by atoms with E-state index in [1.54, 1.807) is 6.20 Å². The topological polar surface area (TPSA) is 71.1 Å². The molecule has 6 heteroatoms. The number of aromatic amines is 1. The third-order valence-electron chi connectivity index (χ3n) is 4.49. The van der Waals surface area contributed by atoms with Crippen LogP contribution in [0, 0.1) is 6.92 Å². The van der Waals surface area contributed by atoms with Crippen molar-refractivity contribution >= 4 is 5.91 Å². The molecule has 1 amide bonds. The summed E-state index contributed by atoms with van der Waals surface area (Å²) < 4.78 is 5.75. The smallest absolute Gasteiger partial charge is 0.260 e. The number of pyridine rings is 1. The van der Waals surface area contributed by atoms with E-state index in [4.69, 9.17) is 4.74 Å². The van der Waals surface area contributed by atoms with Gasteiger partial charge in [0, 0.05) is 36.6 Å². The minimum Gasteiger partial charge on any atom is -0.482 e. The van der Waals surface area contributed by atoms with E-state index in [1.165, 1.54) is 0 Å². The second kappa shape index (κ2) is 7.47. The molecule has 6 nitrogen and oxygen atoms in total. The molecule has 1 aliphatic rings. The lowest BCUT2D eigenvalue weighted by atomic mass is 9.95. The Morgan fingerprint density at radius 3 is 3.04 bits per heavy atom. The van der Waals surface area contributed by atoms with Gasteiger partial charge in [0.15, 0.2) is 6.61 Å². The van der Waals surface area contributed by atoms with E-state index in [0.717, 1.165) is 49.4 Å². The maximum Gasteiger partial charge on any atom is 0.260 e. The van der Waals surface area contributed by atoms with Crippen LogP contribution in [0.25, 0.3) is 0 Å². The Morgan fingerprint density at radius 2 is 2.29 bits per heavy atom. The molecule has 0 aliphatic carbocycles. The molecule has 1 aliphatic heterocycles. The number of piperidine rings is 1. The van der Waals surface area contributed by atoms with Gasteiger partial charge in [-0.2, -0.15) is 5.10 Å². The van der Waals surface area contributed by atoms with Gasteiger partial charge in [0.05, 0.1) is 5.69 Å². The standard InChI is InChI=1S/C18H24N4O2/c1-3-15-17(7-6-13(2)20-15)24-12-18(23)22-10-4-5-14(11-22)16-8-9-19-21-16/h6-9,14H,3-5,10-12H2,1-2H3,(H,19,21). The van der Waals surface area contributed by atoms with E-state index >= 15 is 0 Å². The molecule has 2 aromatic rings. The molecule has 1 N–H and O–H groups in total. The highest BCUT2D eigenvalue weighted by Crippen LogP contribution is 2.25. The molecule has 1 saturated heterocycles. The zero-order valence-electron chi connectivity index (χ0n) is 14.3. The van der Waals surface area contributed by atoms with Crippen LogP contribution >= 0.6 is 0 Å². The van der Waals surface area contributed by atoms with Crippen molar-refractivity contribution in [2.45, 2.75) is 39.0 Å². The van der Waals surface area contributed by atoms with Gasteiger partial charge in [0.2, 0.25) is 0 Å². The number of amides is 1. The number of carbonyl (C=O) groups is 1. The Hall–Kier alpha value is -2.37. The first-order valence-electron chi connectivity index (χ1n) is 8.53. The van der Waals surface area contributed by atoms with Gasteiger partial charge in [-0.3, -0.25) is 14.9 Å². The number of aryl methyl sites for hydroxylation is 2. The Balaban J connectivity index is 1.59. The van der Waals surface area contributed by atoms with Crippen LogP contribution in [0.3, 0.4) is 0 Å². The Kier molecular flexibility index (Phi) is 5.13. The van der Waals surface area contributed by atoms with Crippen LogP contribution in [0.1, 0.15) is 42.8 Å². The van der Waals surface area contributed by atoms with Gasteiger partial charge in [-0.05, 0) is 44.4 Å². The van der Waals surface area contributed by atoms with E-state index < -0.39 is 0 Å². The van der Waals surface area contributed by atoms with Crippen LogP contribution in [-0.2, 0) is 11.2 Å². The maximum atomic E-state index is 12.5. The van der Waals surface area contributed by atoms with Crippen LogP contribution in [0.2, 0.25) is 0 Å². The van der Waals surface area contributed by atoms with Gasteiger partial charge in [0.25, 0.3) is 5.91 Å². The highest BCUT2D eigenvalue weighted by atomic mass is 16.5. The largest absolute Gasteiger partial charge is 0.482 e. The van der Waals surface area contributed by atoms with Crippen molar-refractivity contribution in [3.63, 3.8) is 0 Å². The summed E-state index contributed by atoms with van der Waals surface area (Å²) in [5.74, 6) is 1.07. The van der Waals surface area contributed by atoms with Gasteiger partial charge in [-0.15, -0.1) is 0 Å². The monoisotopic (exact) mass is 328 g/mol. The van der Waals surface area contributed by atoms with Crippen molar-refractivity contribution in [3.05, 3.63) is 41.5 Å². The first-order chi connectivity index (χ1) is 11.7. The Bertz CT molecular complexity index is 684. The van der Waals surface area contributed by atoms with E-state index in [-0.39, 0.29) is 12.5 Å². The lowest BCUT2D eigenvalue weighted by molar-refractivity contribution is -0.134. The summed E-state index contributed by atoms with van der Waals surface area (Å²) in [6.45, 7) is 5.57. The summed E-state index contributed by atoms with van der Waals surface area (Å²) in [6.07, 6.45) is 4.63. The van der Waals surface area contributed by atoms with Gasteiger partial charge >= 0.3 is 0 Å². The second-order valence-corrected chi connectivity index (χ2v) is 6.23. The van der Waals surface area contributed by atoms with Gasteiger partial charge in [0.1, 0.15) is 5.75 Å². The first kappa shape index (κ1) is 16.5. The van der Waals surface area contributed by atoms with Crippen LogP contribution in [0.4, 0.5) is 0 Å². The van der Waals surface area contributed by atoms with E-state index in [0.29, 0.717) is 11.7 Å². The molecule has 2 aromatic heterocycles. The number of hydrogen-bond donors (Lipinski definition) is 1. The number of nitrogens with one attached hydrogen (secondary N) is 1. The average Bonchev–Trinajstić information content (AvgIpc) is 3.15. The molecule has 1 atom stereocenters. The lowest BCUT2D eigenvalue weighted by Gasteiger charge is -2.32. The Labute approximate surface area is 142 Å². The van der Waals surface area contributed by atoms with Crippen molar-refractivity contribution in [1.29, 1.82) is 0 Å². The molecule has 0 aromatic carbocycles. The predicted octanol–water partition coefficient (Wildman–Crippen LogP) is 2.46. The van der Waals surface area contributed by atoms with Gasteiger partial charge in [-0.1, -0.05) is 6.92 Å². The molecule has 3 heterocycles. The second-order valence-electron chi connectivity index (χ2n) is 6.23. The fraction of sp³-hybridized carbons (Fsp3) is 0.500. The summed E-state index contributed by atoms with van der Waals surface area (Å²) in [4.78, 5) is 18.9. The highest BCUT2D eigenvalue weighted by molar-refractivity contribution is 5.78. The van der Waals surface area contributed by atoms with Crippen LogP contribution in [-0.4, -0.2) is 45.7 Å². The summed E-state index contributed by atoms with van der Waals surface area (Å²) >= 11 is 0. The minimum absolute atomic E-state index is 0.0295. The normalized spacial score (nSPS) is 17.8. The average molecular weight is 328 g/mol. The highest BCUT2D eigenvalue weighted by Gasteiger charge is 2.25. The molecule has 0 spiro atoms. The zero-order valence-corrected chi connectivity index (χ0v) is 14.3. The first-order valence-corrected chi connectivity index (χ1v) is 8.53. The maximum absolute atomic E-state index is 12.5. The van der Waals surface area contributed by atoms with Crippen LogP contribution in [0.5, 0.6) is 5.75 Å². The van der Waals surface area contributed by atoms with Crippen molar-refractivity contribution in [1.82, 2.24) is 20.1 Å². The number of rotatable bonds is 5. The lowest BCUT2D eigenvalue weighted by Crippen LogP contribution is -2.41. The van der Waals surface area contributed by atoms with Crippen molar-refractivity contribution < 1.29 is 9.53 Å². The fourth-order valence-corrected chi connectivity index (χ4v) is 3.16. The molecule has 1 unspecified atom stereocenters. The summed E-state index contributed by atoms with van der Waals surface area (Å²) in [5.41, 5.74) is 2.96. The molecule has 24 heavy (non-hydrogen) atoms. The molecular formula is C18H24N4O2. The molecular weight excluding hydrogens is 304 g/mol. The van der Waals surface area contributed by atoms with E-state index in [2.05, 4.69) is 15.2 Å². The molecule has 3 rings (SSSR count). The number of nitrogens with zero attached hydrogens (tertiary/aromatic N) is 3. The zero-order chi connectivity index (χ0) is 16.9. The van der Waals surface area contributed by atoms with Crippen molar-refractivity contribution in [3.8, 4) is 5.75 Å². The van der Waals surface area contributed by atoms with E-state index in [9.17, 15) is 4.79 Å². The molecule has 128 valence electrons. The SMILES string of the molecule is CCc1nc(C)ccc1OCC(=O)N1CCCC(c2ccn[nH]2)C1. The third-order valence-corrected chi connectivity index (χ3v) is 4.49. The fourth-order valence-electron chi connectivity index (χ4n) is 3.16. The van der Waals surface area contributed by atoms with Crippen molar-refractivity contribution in [2.75, 3.05) is 19.7 Å². The summed E-state index contributed by atoms with van der Waals surface area (Å²) in [5, 5.41) is 7.03. The molecule has 0 saturated carbocycles. The number of likely N-dealkylation sites (tertiary alicyclic amines) is 1. The molecule has 0 radical (unpaired) electrons. The summed E-state index contributed by atoms with van der Waals surface area (Å²) in [7, 11) is 0. The van der Waals surface area contributed by atoms with Crippen LogP contribution < -0.4 is 4.74 Å². The number of hydrogen-bond acceptors (Lipinski definition) is 4. The molecule has 0 bridgehead atoms. The minimum atomic E-state index is 0.0295. The van der Waals surface area contributed by atoms with Gasteiger partial charge in [-0.25, -0.2) is 0 Å². The van der Waals surface area contributed by atoms with E-state index in [1.807, 2.05) is 36.9 Å². The summed E-state index contributed by atoms with van der Waals surface area (Å²) in [6, 6.07) is 5.80. The third kappa shape index (κ3) is 3.75. The number of aromatic nitrogens is 3.